The predicted molar refractivity (Wildman–Crippen MR) is 125 cm³/mol. The van der Waals surface area contributed by atoms with Crippen molar-refractivity contribution < 1.29 is 17.9 Å². The maximum Gasteiger partial charge on any atom is 0.331 e. The molecule has 0 atom stereocenters. The van der Waals surface area contributed by atoms with Gasteiger partial charge in [0.05, 0.1) is 24.7 Å². The maximum atomic E-state index is 12.9. The van der Waals surface area contributed by atoms with Crippen molar-refractivity contribution in [3.63, 3.8) is 0 Å². The van der Waals surface area contributed by atoms with Gasteiger partial charge in [0.25, 0.3) is 5.56 Å². The number of carbonyl (C=O) groups is 1. The summed E-state index contributed by atoms with van der Waals surface area (Å²) in [5.74, 6) is -0.627. The number of ether oxygens (including phenoxy) is 1. The van der Waals surface area contributed by atoms with Crippen molar-refractivity contribution in [2.24, 2.45) is 0 Å². The van der Waals surface area contributed by atoms with Gasteiger partial charge in [-0.25, -0.2) is 13.2 Å². The van der Waals surface area contributed by atoms with E-state index in [0.29, 0.717) is 13.2 Å². The molecule has 2 aromatic carbocycles. The molecule has 0 radical (unpaired) electrons. The Morgan fingerprint density at radius 1 is 0.971 bits per heavy atom. The van der Waals surface area contributed by atoms with Gasteiger partial charge in [-0.05, 0) is 23.8 Å². The molecule has 3 aromatic rings. The summed E-state index contributed by atoms with van der Waals surface area (Å²) in [7, 11) is -3.73. The number of sulfonamides is 1. The van der Waals surface area contributed by atoms with E-state index in [2.05, 4.69) is 5.32 Å². The lowest BCUT2D eigenvalue weighted by molar-refractivity contribution is -0.116. The second-order valence-corrected chi connectivity index (χ2v) is 9.67. The molecule has 1 amide bonds. The number of anilines is 1. The van der Waals surface area contributed by atoms with Crippen LogP contribution in [0.25, 0.3) is 0 Å². The number of morpholine rings is 1. The number of rotatable bonds is 7. The third kappa shape index (κ3) is 5.33. The predicted octanol–water partition coefficient (Wildman–Crippen LogP) is 0.718. The van der Waals surface area contributed by atoms with Gasteiger partial charge in [0.15, 0.2) is 0 Å². The molecular formula is C23H24N4O6S. The van der Waals surface area contributed by atoms with Crippen LogP contribution >= 0.6 is 0 Å². The number of aromatic nitrogens is 2. The van der Waals surface area contributed by atoms with Crippen LogP contribution in [-0.4, -0.2) is 54.1 Å². The Balaban J connectivity index is 1.50. The molecule has 0 aliphatic carbocycles. The van der Waals surface area contributed by atoms with E-state index in [1.54, 1.807) is 0 Å². The molecule has 34 heavy (non-hydrogen) atoms. The molecule has 1 N–H and O–H groups in total. The first kappa shape index (κ1) is 23.6. The molecule has 1 saturated heterocycles. The lowest BCUT2D eigenvalue weighted by atomic mass is 10.2. The minimum Gasteiger partial charge on any atom is -0.379 e. The molecule has 1 aliphatic heterocycles. The van der Waals surface area contributed by atoms with E-state index in [4.69, 9.17) is 4.74 Å². The van der Waals surface area contributed by atoms with E-state index in [1.165, 1.54) is 45.4 Å². The van der Waals surface area contributed by atoms with Gasteiger partial charge in [0.2, 0.25) is 15.9 Å². The maximum absolute atomic E-state index is 12.9. The number of amides is 1. The molecule has 178 valence electrons. The van der Waals surface area contributed by atoms with Crippen LogP contribution in [0.3, 0.4) is 0 Å². The van der Waals surface area contributed by atoms with Gasteiger partial charge in [-0.1, -0.05) is 36.4 Å². The van der Waals surface area contributed by atoms with Crippen LogP contribution < -0.4 is 16.6 Å². The van der Waals surface area contributed by atoms with E-state index in [1.807, 2.05) is 30.3 Å². The van der Waals surface area contributed by atoms with E-state index >= 15 is 0 Å². The molecule has 0 bridgehead atoms. The van der Waals surface area contributed by atoms with E-state index in [-0.39, 0.29) is 30.2 Å². The Hall–Kier alpha value is -3.54. The molecule has 1 aromatic heterocycles. The topological polar surface area (TPSA) is 120 Å². The lowest BCUT2D eigenvalue weighted by Crippen LogP contribution is -2.42. The Morgan fingerprint density at radius 3 is 2.44 bits per heavy atom. The van der Waals surface area contributed by atoms with Gasteiger partial charge in [-0.3, -0.25) is 18.7 Å². The number of benzene rings is 2. The van der Waals surface area contributed by atoms with Crippen LogP contribution in [0, 0.1) is 0 Å². The number of nitrogens with zero attached hydrogens (tertiary/aromatic N) is 3. The summed E-state index contributed by atoms with van der Waals surface area (Å²) < 4.78 is 34.4. The summed E-state index contributed by atoms with van der Waals surface area (Å²) in [6.07, 6.45) is 1.39. The Kier molecular flexibility index (Phi) is 7.06. The van der Waals surface area contributed by atoms with Crippen LogP contribution in [0.1, 0.15) is 5.56 Å². The van der Waals surface area contributed by atoms with Gasteiger partial charge in [-0.2, -0.15) is 4.31 Å². The van der Waals surface area contributed by atoms with Gasteiger partial charge in [0, 0.05) is 31.0 Å². The zero-order valence-electron chi connectivity index (χ0n) is 18.3. The third-order valence-electron chi connectivity index (χ3n) is 5.36. The molecule has 4 rings (SSSR count). The smallest absolute Gasteiger partial charge is 0.331 e. The summed E-state index contributed by atoms with van der Waals surface area (Å²) in [6, 6.07) is 16.3. The normalized spacial score (nSPS) is 14.6. The SMILES string of the molecule is O=C(Cn1c(=O)ccn(Cc2ccccc2)c1=O)Nc1cccc(S(=O)(=O)N2CCOCC2)c1. The van der Waals surface area contributed by atoms with Crippen molar-refractivity contribution >= 4 is 21.6 Å². The number of carbonyl (C=O) groups excluding carboxylic acids is 1. The monoisotopic (exact) mass is 484 g/mol. The number of hydrogen-bond acceptors (Lipinski definition) is 6. The molecule has 1 fully saturated rings. The zero-order chi connectivity index (χ0) is 24.1. The van der Waals surface area contributed by atoms with Gasteiger partial charge in [-0.15, -0.1) is 0 Å². The molecule has 11 heteroatoms. The minimum absolute atomic E-state index is 0.0364. The fourth-order valence-corrected chi connectivity index (χ4v) is 5.07. The molecule has 10 nitrogen and oxygen atoms in total. The zero-order valence-corrected chi connectivity index (χ0v) is 19.1. The average molecular weight is 485 g/mol. The number of hydrogen-bond donors (Lipinski definition) is 1. The van der Waals surface area contributed by atoms with E-state index < -0.39 is 33.7 Å². The summed E-state index contributed by atoms with van der Waals surface area (Å²) in [4.78, 5) is 37.7. The third-order valence-corrected chi connectivity index (χ3v) is 7.26. The molecule has 2 heterocycles. The average Bonchev–Trinajstić information content (AvgIpc) is 2.85. The second kappa shape index (κ2) is 10.2. The van der Waals surface area contributed by atoms with Crippen LogP contribution in [-0.2, 0) is 32.6 Å². The van der Waals surface area contributed by atoms with Crippen molar-refractivity contribution in [1.29, 1.82) is 0 Å². The highest BCUT2D eigenvalue weighted by molar-refractivity contribution is 7.89. The van der Waals surface area contributed by atoms with Crippen molar-refractivity contribution in [1.82, 2.24) is 13.4 Å². The quantitative estimate of drug-likeness (QED) is 0.528. The Bertz CT molecular complexity index is 1390. The molecular weight excluding hydrogens is 460 g/mol. The first-order valence-corrected chi connectivity index (χ1v) is 12.1. The summed E-state index contributed by atoms with van der Waals surface area (Å²) >= 11 is 0. The summed E-state index contributed by atoms with van der Waals surface area (Å²) in [6.45, 7) is 0.902. The Morgan fingerprint density at radius 2 is 1.71 bits per heavy atom. The van der Waals surface area contributed by atoms with E-state index in [0.717, 1.165) is 10.1 Å². The second-order valence-electron chi connectivity index (χ2n) is 7.73. The highest BCUT2D eigenvalue weighted by atomic mass is 32.2. The minimum atomic E-state index is -3.73. The highest BCUT2D eigenvalue weighted by Crippen LogP contribution is 2.20. The van der Waals surface area contributed by atoms with Crippen molar-refractivity contribution in [3.8, 4) is 0 Å². The Labute approximate surface area is 196 Å². The number of nitrogens with one attached hydrogen (secondary N) is 1. The van der Waals surface area contributed by atoms with Crippen LogP contribution in [0.15, 0.2) is 81.3 Å². The molecule has 1 aliphatic rings. The highest BCUT2D eigenvalue weighted by Gasteiger charge is 2.26. The molecule has 0 saturated carbocycles. The van der Waals surface area contributed by atoms with Crippen LogP contribution in [0.2, 0.25) is 0 Å². The largest absolute Gasteiger partial charge is 0.379 e. The van der Waals surface area contributed by atoms with Crippen LogP contribution in [0.5, 0.6) is 0 Å². The fourth-order valence-electron chi connectivity index (χ4n) is 3.62. The first-order valence-electron chi connectivity index (χ1n) is 10.7. The summed E-state index contributed by atoms with van der Waals surface area (Å²) in [5, 5.41) is 2.57. The first-order chi connectivity index (χ1) is 16.3. The van der Waals surface area contributed by atoms with E-state index in [9.17, 15) is 22.8 Å². The standard InChI is InChI=1S/C23H24N4O6S/c28-21(17-27-22(29)9-10-25(23(27)30)16-18-5-2-1-3-6-18)24-19-7-4-8-20(15-19)34(31,32)26-11-13-33-14-12-26/h1-10,15H,11-14,16-17H2,(H,24,28). The van der Waals surface area contributed by atoms with Gasteiger partial charge >= 0.3 is 5.69 Å². The van der Waals surface area contributed by atoms with Crippen LogP contribution in [0.4, 0.5) is 5.69 Å². The van der Waals surface area contributed by atoms with Gasteiger partial charge < -0.3 is 10.1 Å². The lowest BCUT2D eigenvalue weighted by Gasteiger charge is -2.26. The summed E-state index contributed by atoms with van der Waals surface area (Å²) in [5.41, 5.74) is -0.103. The molecule has 0 spiro atoms. The van der Waals surface area contributed by atoms with Crippen molar-refractivity contribution in [2.75, 3.05) is 31.6 Å². The fraction of sp³-hybridized carbons (Fsp3) is 0.261. The van der Waals surface area contributed by atoms with Gasteiger partial charge in [0.1, 0.15) is 6.54 Å². The van der Waals surface area contributed by atoms with Crippen molar-refractivity contribution in [2.45, 2.75) is 18.0 Å². The van der Waals surface area contributed by atoms with Crippen molar-refractivity contribution in [3.05, 3.63) is 93.3 Å². The molecule has 0 unspecified atom stereocenters.